The molecule has 9 heteroatoms. The Morgan fingerprint density at radius 1 is 1.03 bits per heavy atom. The zero-order valence-electron chi connectivity index (χ0n) is 20.3. The maximum atomic E-state index is 13.7. The number of alkyl halides is 1. The topological polar surface area (TPSA) is 95.9 Å². The predicted octanol–water partition coefficient (Wildman–Crippen LogP) is 6.99. The van der Waals surface area contributed by atoms with Gasteiger partial charge in [-0.3, -0.25) is 9.59 Å². The van der Waals surface area contributed by atoms with Crippen molar-refractivity contribution in [2.24, 2.45) is 0 Å². The zero-order chi connectivity index (χ0) is 26.7. The average molecular weight is 541 g/mol. The minimum atomic E-state index is -1.47. The molecule has 3 aromatic carbocycles. The number of carboxylic acid groups (broad SMARTS) is 1. The lowest BCUT2D eigenvalue weighted by Crippen LogP contribution is -2.32. The molecule has 4 rings (SSSR count). The van der Waals surface area contributed by atoms with Crippen LogP contribution in [0.5, 0.6) is 0 Å². The van der Waals surface area contributed by atoms with Gasteiger partial charge in [-0.15, -0.1) is 0 Å². The van der Waals surface area contributed by atoms with Crippen molar-refractivity contribution in [2.75, 3.05) is 16.8 Å². The SMILES string of the molecule is Cc1ccccc1C(=O)Nc1ccc(C(=O)N2CCCC(C(Cl)OC(=O)O)c3cc(Cl)ccc32)c(C)c1. The van der Waals surface area contributed by atoms with Gasteiger partial charge < -0.3 is 20.1 Å². The molecule has 1 heterocycles. The van der Waals surface area contributed by atoms with Crippen LogP contribution in [0.4, 0.5) is 16.2 Å². The summed E-state index contributed by atoms with van der Waals surface area (Å²) in [5, 5.41) is 12.4. The molecule has 192 valence electrons. The molecule has 2 atom stereocenters. The third kappa shape index (κ3) is 5.89. The van der Waals surface area contributed by atoms with Gasteiger partial charge in [0.2, 0.25) is 0 Å². The van der Waals surface area contributed by atoms with E-state index in [1.807, 2.05) is 32.0 Å². The first-order valence-electron chi connectivity index (χ1n) is 11.8. The van der Waals surface area contributed by atoms with Crippen LogP contribution in [0, 0.1) is 13.8 Å². The Kier molecular flexibility index (Phi) is 8.05. The van der Waals surface area contributed by atoms with E-state index in [1.54, 1.807) is 47.4 Å². The number of hydrogen-bond donors (Lipinski definition) is 2. The van der Waals surface area contributed by atoms with Gasteiger partial charge in [-0.05, 0) is 85.8 Å². The number of halogens is 2. The molecule has 0 radical (unpaired) electrons. The second kappa shape index (κ2) is 11.2. The van der Waals surface area contributed by atoms with Gasteiger partial charge in [0.1, 0.15) is 0 Å². The van der Waals surface area contributed by atoms with E-state index in [0.717, 1.165) is 5.56 Å². The molecule has 1 aliphatic rings. The molecule has 37 heavy (non-hydrogen) atoms. The van der Waals surface area contributed by atoms with E-state index in [9.17, 15) is 14.4 Å². The highest BCUT2D eigenvalue weighted by Gasteiger charge is 2.33. The predicted molar refractivity (Wildman–Crippen MR) is 144 cm³/mol. The lowest BCUT2D eigenvalue weighted by molar-refractivity contribution is 0.0703. The molecule has 0 fully saturated rings. The van der Waals surface area contributed by atoms with Crippen LogP contribution in [-0.4, -0.2) is 35.2 Å². The minimum absolute atomic E-state index is 0.219. The van der Waals surface area contributed by atoms with Crippen molar-refractivity contribution < 1.29 is 24.2 Å². The smallest absolute Gasteiger partial charge is 0.450 e. The molecule has 0 aromatic heterocycles. The van der Waals surface area contributed by atoms with E-state index in [2.05, 4.69) is 5.32 Å². The highest BCUT2D eigenvalue weighted by Crippen LogP contribution is 2.40. The summed E-state index contributed by atoms with van der Waals surface area (Å²) in [4.78, 5) is 39.2. The van der Waals surface area contributed by atoms with E-state index < -0.39 is 17.6 Å². The van der Waals surface area contributed by atoms with Crippen molar-refractivity contribution in [1.82, 2.24) is 0 Å². The number of nitrogens with zero attached hydrogens (tertiary/aromatic N) is 1. The molecular formula is C28H26Cl2N2O5. The van der Waals surface area contributed by atoms with Crippen molar-refractivity contribution in [3.8, 4) is 0 Å². The summed E-state index contributed by atoms with van der Waals surface area (Å²) in [5.41, 5.74) is 3.36. The number of aryl methyl sites for hydroxylation is 2. The number of amides is 2. The van der Waals surface area contributed by atoms with Crippen LogP contribution in [0.1, 0.15) is 56.2 Å². The van der Waals surface area contributed by atoms with Gasteiger partial charge in [0.25, 0.3) is 11.8 Å². The van der Waals surface area contributed by atoms with Gasteiger partial charge in [0.15, 0.2) is 5.56 Å². The summed E-state index contributed by atoms with van der Waals surface area (Å²) in [6, 6.07) is 17.6. The van der Waals surface area contributed by atoms with Gasteiger partial charge in [0.05, 0.1) is 0 Å². The molecule has 0 saturated heterocycles. The fourth-order valence-corrected chi connectivity index (χ4v) is 5.15. The molecule has 0 spiro atoms. The summed E-state index contributed by atoms with van der Waals surface area (Å²) >= 11 is 12.6. The molecule has 2 unspecified atom stereocenters. The number of anilines is 2. The molecule has 2 N–H and O–H groups in total. The van der Waals surface area contributed by atoms with Crippen LogP contribution in [0.3, 0.4) is 0 Å². The van der Waals surface area contributed by atoms with Crippen LogP contribution in [0.15, 0.2) is 60.7 Å². The Morgan fingerprint density at radius 2 is 1.78 bits per heavy atom. The number of benzene rings is 3. The van der Waals surface area contributed by atoms with E-state index >= 15 is 0 Å². The van der Waals surface area contributed by atoms with Crippen molar-refractivity contribution in [3.05, 3.63) is 93.5 Å². The highest BCUT2D eigenvalue weighted by atomic mass is 35.5. The molecule has 2 amide bonds. The van der Waals surface area contributed by atoms with Gasteiger partial charge in [-0.2, -0.15) is 0 Å². The number of fused-ring (bicyclic) bond motifs is 1. The summed E-state index contributed by atoms with van der Waals surface area (Å²) < 4.78 is 4.83. The number of rotatable bonds is 5. The Labute approximate surface area is 224 Å². The molecule has 7 nitrogen and oxygen atoms in total. The maximum absolute atomic E-state index is 13.7. The molecule has 0 aliphatic carbocycles. The standard InChI is InChI=1S/C28H26Cl2N2O5/c1-16-6-3-4-7-20(16)26(33)31-19-10-11-21(17(2)14-19)27(34)32-13-5-8-22(25(30)37-28(35)36)23-15-18(29)9-12-24(23)32/h3-4,6-7,9-12,14-15,22,25H,5,8,13H2,1-2H3,(H,31,33)(H,35,36). The first-order valence-corrected chi connectivity index (χ1v) is 12.6. The van der Waals surface area contributed by atoms with Gasteiger partial charge in [0, 0.05) is 40.0 Å². The van der Waals surface area contributed by atoms with Crippen LogP contribution in [-0.2, 0) is 4.74 Å². The Hall–Kier alpha value is -3.55. The van der Waals surface area contributed by atoms with E-state index in [1.165, 1.54) is 0 Å². The van der Waals surface area contributed by atoms with Crippen LogP contribution >= 0.6 is 23.2 Å². The average Bonchev–Trinajstić information content (AvgIpc) is 3.03. The second-order valence-corrected chi connectivity index (χ2v) is 9.81. The van der Waals surface area contributed by atoms with Gasteiger partial charge in [-0.1, -0.05) is 41.4 Å². The molecule has 3 aromatic rings. The summed E-state index contributed by atoms with van der Waals surface area (Å²) in [6.45, 7) is 4.10. The molecular weight excluding hydrogens is 515 g/mol. The van der Waals surface area contributed by atoms with Crippen LogP contribution in [0.2, 0.25) is 5.02 Å². The second-order valence-electron chi connectivity index (χ2n) is 8.94. The number of carbonyl (C=O) groups is 3. The van der Waals surface area contributed by atoms with Crippen molar-refractivity contribution in [2.45, 2.75) is 38.2 Å². The van der Waals surface area contributed by atoms with Crippen molar-refractivity contribution in [1.29, 1.82) is 0 Å². The lowest BCUT2D eigenvalue weighted by atomic mass is 9.94. The van der Waals surface area contributed by atoms with Gasteiger partial charge >= 0.3 is 6.16 Å². The molecule has 0 saturated carbocycles. The molecule has 1 aliphatic heterocycles. The van der Waals surface area contributed by atoms with E-state index in [4.69, 9.17) is 33.0 Å². The summed E-state index contributed by atoms with van der Waals surface area (Å²) in [6.07, 6.45) is -0.370. The Bertz CT molecular complexity index is 1360. The van der Waals surface area contributed by atoms with Gasteiger partial charge in [-0.25, -0.2) is 4.79 Å². The zero-order valence-corrected chi connectivity index (χ0v) is 21.8. The number of nitrogens with one attached hydrogen (secondary N) is 1. The maximum Gasteiger partial charge on any atom is 0.507 e. The first-order chi connectivity index (χ1) is 17.7. The van der Waals surface area contributed by atoms with Crippen molar-refractivity contribution >= 4 is 52.5 Å². The first kappa shape index (κ1) is 26.5. The minimum Gasteiger partial charge on any atom is -0.450 e. The number of carbonyl (C=O) groups excluding carboxylic acids is 2. The third-order valence-electron chi connectivity index (χ3n) is 6.46. The van der Waals surface area contributed by atoms with E-state index in [-0.39, 0.29) is 11.8 Å². The quantitative estimate of drug-likeness (QED) is 0.268. The number of ether oxygens (including phenoxy) is 1. The van der Waals surface area contributed by atoms with Crippen LogP contribution in [0.25, 0.3) is 0 Å². The number of hydrogen-bond acceptors (Lipinski definition) is 4. The lowest BCUT2D eigenvalue weighted by Gasteiger charge is -2.26. The summed E-state index contributed by atoms with van der Waals surface area (Å²) in [7, 11) is 0. The fraction of sp³-hybridized carbons (Fsp3) is 0.250. The Balaban J connectivity index is 1.61. The summed E-state index contributed by atoms with van der Waals surface area (Å²) in [5.74, 6) is -0.909. The highest BCUT2D eigenvalue weighted by molar-refractivity contribution is 6.30. The molecule has 0 bridgehead atoms. The Morgan fingerprint density at radius 3 is 2.49 bits per heavy atom. The third-order valence-corrected chi connectivity index (χ3v) is 7.08. The largest absolute Gasteiger partial charge is 0.507 e. The van der Waals surface area contributed by atoms with Crippen LogP contribution < -0.4 is 10.2 Å². The monoisotopic (exact) mass is 540 g/mol. The fourth-order valence-electron chi connectivity index (χ4n) is 4.63. The van der Waals surface area contributed by atoms with E-state index in [0.29, 0.717) is 58.0 Å². The van der Waals surface area contributed by atoms with Crippen molar-refractivity contribution in [3.63, 3.8) is 0 Å². The normalized spacial score (nSPS) is 15.8.